The Bertz CT molecular complexity index is 212. The minimum atomic E-state index is -0.521. The van der Waals surface area contributed by atoms with Gasteiger partial charge in [-0.1, -0.05) is 12.2 Å². The second-order valence-corrected chi connectivity index (χ2v) is 2.77. The lowest BCUT2D eigenvalue weighted by atomic mass is 10.0. The van der Waals surface area contributed by atoms with Crippen molar-refractivity contribution in [2.24, 2.45) is 5.92 Å². The summed E-state index contributed by atoms with van der Waals surface area (Å²) in [6.45, 7) is 1.40. The summed E-state index contributed by atoms with van der Waals surface area (Å²) in [5, 5.41) is 2.42. The Morgan fingerprint density at radius 2 is 2.40 bits per heavy atom. The molecule has 0 aromatic carbocycles. The molecule has 0 aromatic heterocycles. The van der Waals surface area contributed by atoms with Crippen LogP contribution in [0.3, 0.4) is 0 Å². The zero-order valence-corrected chi connectivity index (χ0v) is 6.33. The predicted octanol–water partition coefficient (Wildman–Crippen LogP) is 0.0389. The summed E-state index contributed by atoms with van der Waals surface area (Å²) >= 11 is 4.71. The van der Waals surface area contributed by atoms with E-state index in [1.54, 1.807) is 0 Å². The maximum Gasteiger partial charge on any atom is 0.235 e. The first-order valence-corrected chi connectivity index (χ1v) is 3.36. The molecular weight excluding hydrogens is 150 g/mol. The molecule has 1 unspecified atom stereocenters. The van der Waals surface area contributed by atoms with Crippen LogP contribution in [-0.2, 0) is 9.59 Å². The first kappa shape index (κ1) is 7.34. The Hall–Kier alpha value is -0.770. The molecule has 1 aliphatic rings. The van der Waals surface area contributed by atoms with Gasteiger partial charge in [-0.3, -0.25) is 9.59 Å². The standard InChI is InChI=1S/C6H7NO2S/c1-3(8)4-2-5(10)7-6(4)9/h4H,2H2,1H3,(H,7,9,10). The molecule has 1 rings (SSSR count). The van der Waals surface area contributed by atoms with Gasteiger partial charge in [-0.15, -0.1) is 0 Å². The van der Waals surface area contributed by atoms with Gasteiger partial charge >= 0.3 is 0 Å². The van der Waals surface area contributed by atoms with Crippen LogP contribution in [0, 0.1) is 5.92 Å². The Morgan fingerprint density at radius 3 is 2.60 bits per heavy atom. The SMILES string of the molecule is CC(=O)C1CC(=S)NC1=O. The Labute approximate surface area is 63.8 Å². The normalized spacial score (nSPS) is 24.7. The van der Waals surface area contributed by atoms with Crippen molar-refractivity contribution in [3.05, 3.63) is 0 Å². The molecule has 0 spiro atoms. The highest BCUT2D eigenvalue weighted by Crippen LogP contribution is 2.11. The minimum absolute atomic E-state index is 0.114. The Balaban J connectivity index is 2.72. The number of thiocarbonyl (C=S) groups is 1. The van der Waals surface area contributed by atoms with E-state index in [0.717, 1.165) is 0 Å². The molecule has 0 saturated carbocycles. The van der Waals surface area contributed by atoms with Crippen LogP contribution in [0.5, 0.6) is 0 Å². The molecule has 1 heterocycles. The average Bonchev–Trinajstić information content (AvgIpc) is 2.10. The van der Waals surface area contributed by atoms with Crippen molar-refractivity contribution in [3.8, 4) is 0 Å². The number of amides is 1. The number of carbonyl (C=O) groups excluding carboxylic acids is 2. The van der Waals surface area contributed by atoms with Gasteiger partial charge in [-0.05, 0) is 6.92 Å². The Kier molecular flexibility index (Phi) is 1.80. The summed E-state index contributed by atoms with van der Waals surface area (Å²) in [7, 11) is 0. The van der Waals surface area contributed by atoms with Crippen LogP contribution < -0.4 is 5.32 Å². The third kappa shape index (κ3) is 1.21. The molecule has 4 heteroatoms. The van der Waals surface area contributed by atoms with E-state index in [2.05, 4.69) is 5.32 Å². The van der Waals surface area contributed by atoms with E-state index >= 15 is 0 Å². The van der Waals surface area contributed by atoms with Crippen LogP contribution in [0.1, 0.15) is 13.3 Å². The topological polar surface area (TPSA) is 46.2 Å². The fourth-order valence-corrected chi connectivity index (χ4v) is 1.15. The van der Waals surface area contributed by atoms with Gasteiger partial charge in [-0.2, -0.15) is 0 Å². The van der Waals surface area contributed by atoms with E-state index in [-0.39, 0.29) is 11.7 Å². The lowest BCUT2D eigenvalue weighted by molar-refractivity contribution is -0.130. The number of nitrogens with one attached hydrogen (secondary N) is 1. The molecule has 1 fully saturated rings. The molecule has 3 nitrogen and oxygen atoms in total. The van der Waals surface area contributed by atoms with Gasteiger partial charge in [0.15, 0.2) is 0 Å². The molecule has 1 atom stereocenters. The molecular formula is C6H7NO2S. The molecule has 10 heavy (non-hydrogen) atoms. The summed E-state index contributed by atoms with van der Waals surface area (Å²) < 4.78 is 0. The quantitative estimate of drug-likeness (QED) is 0.432. The fraction of sp³-hybridized carbons (Fsp3) is 0.500. The van der Waals surface area contributed by atoms with Crippen molar-refractivity contribution < 1.29 is 9.59 Å². The predicted molar refractivity (Wildman–Crippen MR) is 39.5 cm³/mol. The van der Waals surface area contributed by atoms with Gasteiger partial charge in [-0.25, -0.2) is 0 Å². The van der Waals surface area contributed by atoms with Crippen LogP contribution in [0.4, 0.5) is 0 Å². The van der Waals surface area contributed by atoms with Gasteiger partial charge in [0.25, 0.3) is 0 Å². The van der Waals surface area contributed by atoms with Crippen molar-refractivity contribution >= 4 is 28.9 Å². The highest BCUT2D eigenvalue weighted by atomic mass is 32.1. The number of carbonyl (C=O) groups is 2. The largest absolute Gasteiger partial charge is 0.320 e. The number of hydrogen-bond acceptors (Lipinski definition) is 3. The van der Waals surface area contributed by atoms with Crippen molar-refractivity contribution in [2.45, 2.75) is 13.3 Å². The smallest absolute Gasteiger partial charge is 0.235 e. The third-order valence-corrected chi connectivity index (χ3v) is 1.73. The van der Waals surface area contributed by atoms with Crippen molar-refractivity contribution in [1.29, 1.82) is 0 Å². The van der Waals surface area contributed by atoms with Gasteiger partial charge in [0, 0.05) is 6.42 Å². The molecule has 0 radical (unpaired) electrons. The molecule has 0 aliphatic carbocycles. The third-order valence-electron chi connectivity index (χ3n) is 1.46. The van der Waals surface area contributed by atoms with Crippen LogP contribution in [0.2, 0.25) is 0 Å². The molecule has 1 saturated heterocycles. The first-order valence-electron chi connectivity index (χ1n) is 2.95. The van der Waals surface area contributed by atoms with Gasteiger partial charge in [0.1, 0.15) is 11.7 Å². The number of rotatable bonds is 1. The summed E-state index contributed by atoms with van der Waals surface area (Å²) in [6.07, 6.45) is 0.392. The maximum atomic E-state index is 10.8. The second-order valence-electron chi connectivity index (χ2n) is 2.28. The Morgan fingerprint density at radius 1 is 1.80 bits per heavy atom. The number of ketones is 1. The molecule has 54 valence electrons. The average molecular weight is 157 g/mol. The van der Waals surface area contributed by atoms with Crippen LogP contribution in [0.15, 0.2) is 0 Å². The molecule has 1 N–H and O–H groups in total. The zero-order valence-electron chi connectivity index (χ0n) is 5.51. The highest BCUT2D eigenvalue weighted by Gasteiger charge is 2.31. The number of Topliss-reactive ketones (excluding diaryl/α,β-unsaturated/α-hetero) is 1. The molecule has 1 amide bonds. The van der Waals surface area contributed by atoms with E-state index in [1.165, 1.54) is 6.92 Å². The van der Waals surface area contributed by atoms with E-state index in [0.29, 0.717) is 11.4 Å². The summed E-state index contributed by atoms with van der Waals surface area (Å²) in [6, 6.07) is 0. The van der Waals surface area contributed by atoms with E-state index in [1.807, 2.05) is 0 Å². The van der Waals surface area contributed by atoms with Crippen LogP contribution >= 0.6 is 12.2 Å². The molecule has 0 bridgehead atoms. The van der Waals surface area contributed by atoms with Crippen molar-refractivity contribution in [3.63, 3.8) is 0 Å². The van der Waals surface area contributed by atoms with E-state index < -0.39 is 5.92 Å². The number of hydrogen-bond donors (Lipinski definition) is 1. The van der Waals surface area contributed by atoms with E-state index in [4.69, 9.17) is 12.2 Å². The van der Waals surface area contributed by atoms with Crippen molar-refractivity contribution in [1.82, 2.24) is 5.32 Å². The summed E-state index contributed by atoms with van der Waals surface area (Å²) in [5.41, 5.74) is 0. The lowest BCUT2D eigenvalue weighted by Crippen LogP contribution is -2.24. The maximum absolute atomic E-state index is 10.8. The van der Waals surface area contributed by atoms with Crippen LogP contribution in [0.25, 0.3) is 0 Å². The van der Waals surface area contributed by atoms with Crippen molar-refractivity contribution in [2.75, 3.05) is 0 Å². The van der Waals surface area contributed by atoms with Gasteiger partial charge in [0.2, 0.25) is 5.91 Å². The van der Waals surface area contributed by atoms with Crippen LogP contribution in [-0.4, -0.2) is 16.7 Å². The molecule has 1 aliphatic heterocycles. The second kappa shape index (κ2) is 2.46. The minimum Gasteiger partial charge on any atom is -0.320 e. The van der Waals surface area contributed by atoms with E-state index in [9.17, 15) is 9.59 Å². The monoisotopic (exact) mass is 157 g/mol. The fourth-order valence-electron chi connectivity index (χ4n) is 0.882. The lowest BCUT2D eigenvalue weighted by Gasteiger charge is -1.96. The first-order chi connectivity index (χ1) is 4.61. The van der Waals surface area contributed by atoms with Gasteiger partial charge < -0.3 is 5.32 Å². The highest BCUT2D eigenvalue weighted by molar-refractivity contribution is 7.80. The summed E-state index contributed by atoms with van der Waals surface area (Å²) in [4.78, 5) is 22.0. The summed E-state index contributed by atoms with van der Waals surface area (Å²) in [5.74, 6) is -0.887. The zero-order chi connectivity index (χ0) is 7.72. The van der Waals surface area contributed by atoms with Gasteiger partial charge in [0.05, 0.1) is 4.99 Å². The molecule has 0 aromatic rings.